The average molecular weight is 465 g/mol. The lowest BCUT2D eigenvalue weighted by Gasteiger charge is -2.36. The highest BCUT2D eigenvalue weighted by Gasteiger charge is 2.33. The predicted molar refractivity (Wildman–Crippen MR) is 127 cm³/mol. The van der Waals surface area contributed by atoms with E-state index in [1.54, 1.807) is 25.2 Å². The van der Waals surface area contributed by atoms with Gasteiger partial charge >= 0.3 is 0 Å². The molecule has 1 saturated heterocycles. The van der Waals surface area contributed by atoms with Crippen molar-refractivity contribution in [3.05, 3.63) is 59.8 Å². The minimum Gasteiger partial charge on any atom is -0.394 e. The molecule has 2 aromatic heterocycles. The smallest absolute Gasteiger partial charge is 0.251 e. The molecule has 3 N–H and O–H groups in total. The number of carbonyl (C=O) groups is 2. The van der Waals surface area contributed by atoms with Crippen molar-refractivity contribution >= 4 is 38.3 Å². The number of hydrogen-bond donors (Lipinski definition) is 3. The van der Waals surface area contributed by atoms with Crippen molar-refractivity contribution in [2.24, 2.45) is 0 Å². The molecule has 8 nitrogen and oxygen atoms in total. The molecule has 0 unspecified atom stereocenters. The van der Waals surface area contributed by atoms with E-state index in [2.05, 4.69) is 10.6 Å². The van der Waals surface area contributed by atoms with Gasteiger partial charge in [-0.15, -0.1) is 0 Å². The van der Waals surface area contributed by atoms with Crippen molar-refractivity contribution in [3.63, 3.8) is 0 Å². The van der Waals surface area contributed by atoms with Gasteiger partial charge in [0.15, 0.2) is 4.96 Å². The zero-order valence-electron chi connectivity index (χ0n) is 18.1. The van der Waals surface area contributed by atoms with Gasteiger partial charge in [-0.2, -0.15) is 0 Å². The summed E-state index contributed by atoms with van der Waals surface area (Å²) in [5.74, 6) is -0.323. The van der Waals surface area contributed by atoms with Crippen molar-refractivity contribution in [2.45, 2.75) is 18.4 Å². The zero-order valence-corrected chi connectivity index (χ0v) is 18.9. The Morgan fingerprint density at radius 2 is 1.85 bits per heavy atom. The van der Waals surface area contributed by atoms with Crippen molar-refractivity contribution in [2.75, 3.05) is 26.9 Å². The van der Waals surface area contributed by atoms with Gasteiger partial charge in [-0.1, -0.05) is 23.5 Å². The van der Waals surface area contributed by atoms with E-state index in [4.69, 9.17) is 9.72 Å². The number of ether oxygens (including phenoxy) is 1. The lowest BCUT2D eigenvalue weighted by molar-refractivity contribution is 0.0125. The molecule has 0 atom stereocenters. The Morgan fingerprint density at radius 1 is 1.12 bits per heavy atom. The molecule has 0 bridgehead atoms. The van der Waals surface area contributed by atoms with Gasteiger partial charge in [-0.05, 0) is 43.2 Å². The molecule has 4 aromatic rings. The fraction of sp³-hybridized carbons (Fsp3) is 0.292. The number of aliphatic hydroxyl groups excluding tert-OH is 1. The molecule has 1 aliphatic rings. The summed E-state index contributed by atoms with van der Waals surface area (Å²) in [5, 5.41) is 15.5. The molecule has 1 aliphatic heterocycles. The van der Waals surface area contributed by atoms with E-state index in [1.165, 1.54) is 11.3 Å². The van der Waals surface area contributed by atoms with Crippen LogP contribution in [0.1, 0.15) is 33.6 Å². The molecule has 5 rings (SSSR count). The Morgan fingerprint density at radius 3 is 2.55 bits per heavy atom. The van der Waals surface area contributed by atoms with Gasteiger partial charge in [0.25, 0.3) is 11.8 Å². The Hall–Kier alpha value is -3.27. The van der Waals surface area contributed by atoms with Gasteiger partial charge < -0.3 is 20.5 Å². The van der Waals surface area contributed by atoms with Gasteiger partial charge in [0.1, 0.15) is 0 Å². The molecule has 0 spiro atoms. The first-order valence-corrected chi connectivity index (χ1v) is 11.6. The molecular weight excluding hydrogens is 440 g/mol. The second kappa shape index (κ2) is 8.58. The summed E-state index contributed by atoms with van der Waals surface area (Å²) >= 11 is 1.51. The average Bonchev–Trinajstić information content (AvgIpc) is 3.42. The van der Waals surface area contributed by atoms with Crippen LogP contribution < -0.4 is 10.6 Å². The van der Waals surface area contributed by atoms with Gasteiger partial charge in [0, 0.05) is 43.1 Å². The standard InChI is InChI=1S/C24H24N4O4S/c1-25-21(30)16-4-2-15(3-5-16)18-13-28-19-7-6-17(12-20(19)33-23(28)26-18)22(31)27-24(14-29)8-10-32-11-9-24/h2-7,12-13,29H,8-11,14H2,1H3,(H,25,30)(H,27,31). The Balaban J connectivity index is 1.41. The van der Waals surface area contributed by atoms with E-state index in [0.717, 1.165) is 26.4 Å². The highest BCUT2D eigenvalue weighted by atomic mass is 32.1. The SMILES string of the molecule is CNC(=O)c1ccc(-c2cn3c(n2)sc2cc(C(=O)NC4(CO)CCOCC4)ccc23)cc1. The summed E-state index contributed by atoms with van der Waals surface area (Å²) < 4.78 is 8.34. The Bertz CT molecular complexity index is 1340. The number of imidazole rings is 1. The number of thiazole rings is 1. The second-order valence-electron chi connectivity index (χ2n) is 8.22. The van der Waals surface area contributed by atoms with Gasteiger partial charge in [0.2, 0.25) is 0 Å². The molecule has 1 fully saturated rings. The van der Waals surface area contributed by atoms with Crippen LogP contribution in [0.2, 0.25) is 0 Å². The summed E-state index contributed by atoms with van der Waals surface area (Å²) in [6.45, 7) is 0.946. The molecule has 33 heavy (non-hydrogen) atoms. The van der Waals surface area contributed by atoms with E-state index in [1.807, 2.05) is 34.9 Å². The van der Waals surface area contributed by atoms with Crippen LogP contribution in [0, 0.1) is 0 Å². The van der Waals surface area contributed by atoms with Crippen molar-refractivity contribution in [1.82, 2.24) is 20.0 Å². The van der Waals surface area contributed by atoms with Crippen molar-refractivity contribution in [3.8, 4) is 11.3 Å². The van der Waals surface area contributed by atoms with Crippen LogP contribution in [-0.4, -0.2) is 58.7 Å². The van der Waals surface area contributed by atoms with Crippen LogP contribution in [-0.2, 0) is 4.74 Å². The number of aromatic nitrogens is 2. The maximum atomic E-state index is 12.9. The molecule has 9 heteroatoms. The predicted octanol–water partition coefficient (Wildman–Crippen LogP) is 2.85. The maximum absolute atomic E-state index is 12.9. The number of hydrogen-bond acceptors (Lipinski definition) is 6. The van der Waals surface area contributed by atoms with E-state index in [9.17, 15) is 14.7 Å². The number of fused-ring (bicyclic) bond motifs is 3. The fourth-order valence-electron chi connectivity index (χ4n) is 4.12. The Kier molecular flexibility index (Phi) is 5.61. The van der Waals surface area contributed by atoms with Crippen LogP contribution in [0.25, 0.3) is 26.4 Å². The molecule has 0 saturated carbocycles. The molecule has 0 radical (unpaired) electrons. The maximum Gasteiger partial charge on any atom is 0.251 e. The molecule has 2 aromatic carbocycles. The third-order valence-corrected chi connectivity index (χ3v) is 7.17. The van der Waals surface area contributed by atoms with Crippen LogP contribution in [0.3, 0.4) is 0 Å². The first-order valence-electron chi connectivity index (χ1n) is 10.8. The van der Waals surface area contributed by atoms with Gasteiger partial charge in [-0.25, -0.2) is 4.98 Å². The summed E-state index contributed by atoms with van der Waals surface area (Å²) in [7, 11) is 1.61. The summed E-state index contributed by atoms with van der Waals surface area (Å²) in [4.78, 5) is 30.2. The number of amides is 2. The minimum absolute atomic E-state index is 0.107. The number of benzene rings is 2. The van der Waals surface area contributed by atoms with Crippen molar-refractivity contribution in [1.29, 1.82) is 0 Å². The normalized spacial score (nSPS) is 15.6. The van der Waals surface area contributed by atoms with E-state index in [-0.39, 0.29) is 18.4 Å². The zero-order chi connectivity index (χ0) is 23.0. The van der Waals surface area contributed by atoms with Crippen LogP contribution in [0.4, 0.5) is 0 Å². The lowest BCUT2D eigenvalue weighted by Crippen LogP contribution is -2.54. The van der Waals surface area contributed by atoms with E-state index < -0.39 is 5.54 Å². The quantitative estimate of drug-likeness (QED) is 0.421. The summed E-state index contributed by atoms with van der Waals surface area (Å²) in [5.41, 5.74) is 3.23. The van der Waals surface area contributed by atoms with Gasteiger partial charge in [-0.3, -0.25) is 14.0 Å². The summed E-state index contributed by atoms with van der Waals surface area (Å²) in [6, 6.07) is 12.9. The van der Waals surface area contributed by atoms with Crippen molar-refractivity contribution < 1.29 is 19.4 Å². The third-order valence-electron chi connectivity index (χ3n) is 6.16. The Labute approximate surface area is 194 Å². The number of aliphatic hydroxyl groups is 1. The van der Waals surface area contributed by atoms with Crippen LogP contribution in [0.5, 0.6) is 0 Å². The fourth-order valence-corrected chi connectivity index (χ4v) is 5.16. The molecule has 170 valence electrons. The molecule has 2 amide bonds. The topological polar surface area (TPSA) is 105 Å². The second-order valence-corrected chi connectivity index (χ2v) is 9.23. The number of nitrogens with zero attached hydrogens (tertiary/aromatic N) is 2. The van der Waals surface area contributed by atoms with Crippen LogP contribution >= 0.6 is 11.3 Å². The van der Waals surface area contributed by atoms with Crippen LogP contribution in [0.15, 0.2) is 48.7 Å². The number of nitrogens with one attached hydrogen (secondary N) is 2. The molecule has 0 aliphatic carbocycles. The largest absolute Gasteiger partial charge is 0.394 e. The third kappa shape index (κ3) is 3.99. The number of rotatable bonds is 5. The minimum atomic E-state index is -0.628. The highest BCUT2D eigenvalue weighted by molar-refractivity contribution is 7.23. The monoisotopic (exact) mass is 464 g/mol. The van der Waals surface area contributed by atoms with Gasteiger partial charge in [0.05, 0.1) is 28.1 Å². The van der Waals surface area contributed by atoms with E-state index >= 15 is 0 Å². The molecular formula is C24H24N4O4S. The first-order chi connectivity index (χ1) is 16.0. The van der Waals surface area contributed by atoms with E-state index in [0.29, 0.717) is 37.2 Å². The highest BCUT2D eigenvalue weighted by Crippen LogP contribution is 2.30. The first kappa shape index (κ1) is 21.6. The lowest BCUT2D eigenvalue weighted by atomic mass is 9.90. The molecule has 3 heterocycles. The summed E-state index contributed by atoms with van der Waals surface area (Å²) in [6.07, 6.45) is 3.15. The number of carbonyl (C=O) groups excluding carboxylic acids is 2.